The van der Waals surface area contributed by atoms with Gasteiger partial charge >= 0.3 is 0 Å². The fourth-order valence-corrected chi connectivity index (χ4v) is 4.29. The standard InChI is InChI=1S/C17H14ClFN4O4S2/c18-14-4-2-1-3-13(14)15(24)21-16-22-23-17(28-16)29(25,26)20-9-10-27-12-7-5-11(19)6-8-12/h1-8,20H,9-10H2,(H,21,22,24). The topological polar surface area (TPSA) is 110 Å². The van der Waals surface area contributed by atoms with Crippen molar-refractivity contribution in [1.82, 2.24) is 14.9 Å². The van der Waals surface area contributed by atoms with E-state index in [4.69, 9.17) is 16.3 Å². The summed E-state index contributed by atoms with van der Waals surface area (Å²) in [4.78, 5) is 12.2. The van der Waals surface area contributed by atoms with Gasteiger partial charge in [0.2, 0.25) is 9.47 Å². The summed E-state index contributed by atoms with van der Waals surface area (Å²) in [6.07, 6.45) is 0. The Morgan fingerprint density at radius 1 is 1.14 bits per heavy atom. The highest BCUT2D eigenvalue weighted by Crippen LogP contribution is 2.22. The third kappa shape index (κ3) is 5.70. The number of halogens is 2. The molecule has 12 heteroatoms. The van der Waals surface area contributed by atoms with Gasteiger partial charge in [-0.1, -0.05) is 35.1 Å². The fraction of sp³-hybridized carbons (Fsp3) is 0.118. The van der Waals surface area contributed by atoms with Crippen LogP contribution in [0.3, 0.4) is 0 Å². The van der Waals surface area contributed by atoms with Crippen molar-refractivity contribution >= 4 is 44.0 Å². The van der Waals surface area contributed by atoms with E-state index < -0.39 is 21.7 Å². The maximum absolute atomic E-state index is 12.8. The molecule has 0 bridgehead atoms. The van der Waals surface area contributed by atoms with E-state index in [2.05, 4.69) is 20.2 Å². The SMILES string of the molecule is O=C(Nc1nnc(S(=O)(=O)NCCOc2ccc(F)cc2)s1)c1ccccc1Cl. The van der Waals surface area contributed by atoms with E-state index in [-0.39, 0.29) is 33.2 Å². The lowest BCUT2D eigenvalue weighted by atomic mass is 10.2. The minimum Gasteiger partial charge on any atom is -0.492 e. The van der Waals surface area contributed by atoms with Gasteiger partial charge in [0.1, 0.15) is 18.2 Å². The highest BCUT2D eigenvalue weighted by molar-refractivity contribution is 7.91. The van der Waals surface area contributed by atoms with E-state index in [1.165, 1.54) is 30.3 Å². The lowest BCUT2D eigenvalue weighted by Gasteiger charge is -2.06. The van der Waals surface area contributed by atoms with Crippen LogP contribution in [-0.4, -0.2) is 37.7 Å². The van der Waals surface area contributed by atoms with Gasteiger partial charge in [0.05, 0.1) is 10.6 Å². The molecule has 3 rings (SSSR count). The summed E-state index contributed by atoms with van der Waals surface area (Å²) in [6.45, 7) is -0.0135. The third-order valence-corrected chi connectivity index (χ3v) is 6.45. The number of ether oxygens (including phenoxy) is 1. The summed E-state index contributed by atoms with van der Waals surface area (Å²) >= 11 is 6.65. The summed E-state index contributed by atoms with van der Waals surface area (Å²) in [5.74, 6) is -0.519. The second-order valence-corrected chi connectivity index (χ2v) is 8.83. The van der Waals surface area contributed by atoms with E-state index in [0.717, 1.165) is 0 Å². The van der Waals surface area contributed by atoms with Gasteiger partial charge in [-0.2, -0.15) is 0 Å². The summed E-state index contributed by atoms with van der Waals surface area (Å²) in [5.41, 5.74) is 0.227. The Labute approximate surface area is 174 Å². The van der Waals surface area contributed by atoms with Gasteiger partial charge < -0.3 is 4.74 Å². The maximum Gasteiger partial charge on any atom is 0.269 e. The van der Waals surface area contributed by atoms with Gasteiger partial charge in [-0.25, -0.2) is 17.5 Å². The molecule has 8 nitrogen and oxygen atoms in total. The smallest absolute Gasteiger partial charge is 0.269 e. The molecule has 0 saturated carbocycles. The number of nitrogens with one attached hydrogen (secondary N) is 2. The van der Waals surface area contributed by atoms with Crippen LogP contribution in [0.5, 0.6) is 5.75 Å². The number of hydrogen-bond acceptors (Lipinski definition) is 7. The number of carbonyl (C=O) groups is 1. The molecule has 0 radical (unpaired) electrons. The number of rotatable bonds is 8. The lowest BCUT2D eigenvalue weighted by molar-refractivity contribution is 0.102. The molecule has 1 amide bonds. The highest BCUT2D eigenvalue weighted by atomic mass is 35.5. The maximum atomic E-state index is 12.8. The first-order valence-corrected chi connectivity index (χ1v) is 10.8. The molecule has 2 aromatic carbocycles. The number of carbonyl (C=O) groups excluding carboxylic acids is 1. The Balaban J connectivity index is 1.55. The van der Waals surface area contributed by atoms with Crippen molar-refractivity contribution in [1.29, 1.82) is 0 Å². The molecule has 3 aromatic rings. The van der Waals surface area contributed by atoms with E-state index in [1.54, 1.807) is 18.2 Å². The first-order chi connectivity index (χ1) is 13.8. The van der Waals surface area contributed by atoms with E-state index in [9.17, 15) is 17.6 Å². The van der Waals surface area contributed by atoms with Crippen LogP contribution in [0.1, 0.15) is 10.4 Å². The van der Waals surface area contributed by atoms with Gasteiger partial charge in [0.15, 0.2) is 0 Å². The predicted molar refractivity (Wildman–Crippen MR) is 106 cm³/mol. The number of hydrogen-bond donors (Lipinski definition) is 2. The fourth-order valence-electron chi connectivity index (χ4n) is 2.12. The molecule has 152 valence electrons. The molecule has 0 aliphatic carbocycles. The lowest BCUT2D eigenvalue weighted by Crippen LogP contribution is -2.28. The van der Waals surface area contributed by atoms with Gasteiger partial charge in [-0.3, -0.25) is 10.1 Å². The van der Waals surface area contributed by atoms with Crippen LogP contribution in [0, 0.1) is 5.82 Å². The molecule has 0 aliphatic rings. The van der Waals surface area contributed by atoms with Crippen molar-refractivity contribution in [3.63, 3.8) is 0 Å². The Kier molecular flexibility index (Phi) is 6.75. The quantitative estimate of drug-likeness (QED) is 0.398. The number of amides is 1. The van der Waals surface area contributed by atoms with Crippen LogP contribution in [0.4, 0.5) is 9.52 Å². The van der Waals surface area contributed by atoms with Crippen molar-refractivity contribution in [3.05, 3.63) is 64.9 Å². The first kappa shape index (κ1) is 21.1. The average molecular weight is 457 g/mol. The monoisotopic (exact) mass is 456 g/mol. The van der Waals surface area contributed by atoms with Crippen LogP contribution in [0.2, 0.25) is 5.02 Å². The minimum absolute atomic E-state index is 0.0119. The zero-order chi connectivity index (χ0) is 20.9. The van der Waals surface area contributed by atoms with Gasteiger partial charge in [-0.15, -0.1) is 10.2 Å². The van der Waals surface area contributed by atoms with E-state index >= 15 is 0 Å². The molecule has 0 saturated heterocycles. The first-order valence-electron chi connectivity index (χ1n) is 8.12. The largest absolute Gasteiger partial charge is 0.492 e. The molecule has 2 N–H and O–H groups in total. The summed E-state index contributed by atoms with van der Waals surface area (Å²) in [6, 6.07) is 11.8. The predicted octanol–water partition coefficient (Wildman–Crippen LogP) is 2.94. The molecule has 1 heterocycles. The molecule has 29 heavy (non-hydrogen) atoms. The Hall–Kier alpha value is -2.60. The second kappa shape index (κ2) is 9.27. The number of sulfonamides is 1. The molecule has 0 atom stereocenters. The molecular formula is C17H14ClFN4O4S2. The van der Waals surface area contributed by atoms with Crippen molar-refractivity contribution in [2.75, 3.05) is 18.5 Å². The highest BCUT2D eigenvalue weighted by Gasteiger charge is 2.21. The van der Waals surface area contributed by atoms with Crippen LogP contribution < -0.4 is 14.8 Å². The molecule has 0 aliphatic heterocycles. The summed E-state index contributed by atoms with van der Waals surface area (Å²) < 4.78 is 44.7. The molecule has 0 fully saturated rings. The third-order valence-electron chi connectivity index (χ3n) is 3.45. The number of benzene rings is 2. The van der Waals surface area contributed by atoms with Gasteiger partial charge in [0.25, 0.3) is 15.9 Å². The average Bonchev–Trinajstić information content (AvgIpc) is 3.16. The Morgan fingerprint density at radius 2 is 1.86 bits per heavy atom. The number of aromatic nitrogens is 2. The second-order valence-electron chi connectivity index (χ2n) is 5.51. The minimum atomic E-state index is -3.93. The molecule has 1 aromatic heterocycles. The van der Waals surface area contributed by atoms with Crippen LogP contribution >= 0.6 is 22.9 Å². The molecule has 0 spiro atoms. The van der Waals surface area contributed by atoms with Crippen molar-refractivity contribution in [2.45, 2.75) is 4.34 Å². The van der Waals surface area contributed by atoms with E-state index in [1.807, 2.05) is 0 Å². The van der Waals surface area contributed by atoms with Gasteiger partial charge in [0, 0.05) is 6.54 Å². The summed E-state index contributed by atoms with van der Waals surface area (Å²) in [7, 11) is -3.93. The van der Waals surface area contributed by atoms with Crippen LogP contribution in [0.15, 0.2) is 52.9 Å². The van der Waals surface area contributed by atoms with Crippen LogP contribution in [-0.2, 0) is 10.0 Å². The zero-order valence-corrected chi connectivity index (χ0v) is 17.0. The normalized spacial score (nSPS) is 11.2. The van der Waals surface area contributed by atoms with Crippen LogP contribution in [0.25, 0.3) is 0 Å². The van der Waals surface area contributed by atoms with Crippen molar-refractivity contribution in [2.24, 2.45) is 0 Å². The van der Waals surface area contributed by atoms with E-state index in [0.29, 0.717) is 17.1 Å². The molecule has 0 unspecified atom stereocenters. The number of nitrogens with zero attached hydrogens (tertiary/aromatic N) is 2. The van der Waals surface area contributed by atoms with Crippen molar-refractivity contribution in [3.8, 4) is 5.75 Å². The van der Waals surface area contributed by atoms with Gasteiger partial charge in [-0.05, 0) is 36.4 Å². The van der Waals surface area contributed by atoms with Crippen molar-refractivity contribution < 1.29 is 22.3 Å². The zero-order valence-electron chi connectivity index (χ0n) is 14.6. The Bertz CT molecular complexity index is 1110. The summed E-state index contributed by atoms with van der Waals surface area (Å²) in [5, 5.41) is 9.99. The Morgan fingerprint density at radius 3 is 2.59 bits per heavy atom. The number of anilines is 1. The molecular weight excluding hydrogens is 443 g/mol.